The standard InChI is InChI=1S/C17H33NO5Si/c1-16(2,3)24(7,8)23-12-10-20-18-9-11-15(13(18)14(12)19-6)22-17(4,5)21-11/h11-15H,9-10H2,1-8H3/t11-,12+,13+,14-,15-/m0/s1. The highest BCUT2D eigenvalue weighted by Gasteiger charge is 2.59. The van der Waals surface area contributed by atoms with Crippen LogP contribution < -0.4 is 0 Å². The van der Waals surface area contributed by atoms with Gasteiger partial charge in [-0.1, -0.05) is 20.8 Å². The number of methoxy groups -OCH3 is 1. The summed E-state index contributed by atoms with van der Waals surface area (Å²) in [6.45, 7) is 16.4. The Labute approximate surface area is 146 Å². The van der Waals surface area contributed by atoms with Crippen molar-refractivity contribution < 1.29 is 23.5 Å². The number of hydrogen-bond acceptors (Lipinski definition) is 6. The molecule has 6 nitrogen and oxygen atoms in total. The lowest BCUT2D eigenvalue weighted by atomic mass is 10.00. The molecule has 24 heavy (non-hydrogen) atoms. The van der Waals surface area contributed by atoms with Crippen molar-refractivity contribution >= 4 is 8.32 Å². The molecule has 0 aliphatic carbocycles. The fourth-order valence-electron chi connectivity index (χ4n) is 3.68. The van der Waals surface area contributed by atoms with Crippen LogP contribution >= 0.6 is 0 Å². The summed E-state index contributed by atoms with van der Waals surface area (Å²) in [7, 11) is -0.152. The third-order valence-electron chi connectivity index (χ3n) is 5.88. The van der Waals surface area contributed by atoms with E-state index in [0.717, 1.165) is 0 Å². The first-order valence-electron chi connectivity index (χ1n) is 8.91. The molecule has 0 N–H and O–H groups in total. The van der Waals surface area contributed by atoms with E-state index in [0.29, 0.717) is 13.2 Å². The highest BCUT2D eigenvalue weighted by molar-refractivity contribution is 6.74. The zero-order valence-corrected chi connectivity index (χ0v) is 17.3. The van der Waals surface area contributed by atoms with Gasteiger partial charge in [-0.3, -0.25) is 4.84 Å². The number of rotatable bonds is 3. The van der Waals surface area contributed by atoms with Crippen molar-refractivity contribution in [3.05, 3.63) is 0 Å². The summed E-state index contributed by atoms with van der Waals surface area (Å²) >= 11 is 0. The maximum absolute atomic E-state index is 6.62. The van der Waals surface area contributed by atoms with Crippen molar-refractivity contribution in [3.63, 3.8) is 0 Å². The van der Waals surface area contributed by atoms with Crippen molar-refractivity contribution in [2.45, 2.75) is 89.0 Å². The van der Waals surface area contributed by atoms with Crippen LogP contribution in [-0.4, -0.2) is 69.9 Å². The molecule has 3 rings (SSSR count). The quantitative estimate of drug-likeness (QED) is 0.722. The topological polar surface area (TPSA) is 49.4 Å². The van der Waals surface area contributed by atoms with Crippen molar-refractivity contribution in [1.82, 2.24) is 5.06 Å². The highest BCUT2D eigenvalue weighted by atomic mass is 28.4. The van der Waals surface area contributed by atoms with Gasteiger partial charge >= 0.3 is 0 Å². The number of hydrogen-bond donors (Lipinski definition) is 0. The Morgan fingerprint density at radius 2 is 1.83 bits per heavy atom. The summed E-state index contributed by atoms with van der Waals surface area (Å²) in [5.74, 6) is -0.549. The van der Waals surface area contributed by atoms with Gasteiger partial charge in [-0.05, 0) is 32.0 Å². The molecule has 0 saturated carbocycles. The lowest BCUT2D eigenvalue weighted by Crippen LogP contribution is -2.61. The van der Waals surface area contributed by atoms with Crippen LogP contribution in [0.1, 0.15) is 34.6 Å². The van der Waals surface area contributed by atoms with Gasteiger partial charge in [0.2, 0.25) is 0 Å². The van der Waals surface area contributed by atoms with Gasteiger partial charge in [0.15, 0.2) is 14.1 Å². The smallest absolute Gasteiger partial charge is 0.192 e. The SMILES string of the molecule is CO[C@@H]1[C@@H]2[C@H]3OC(C)(C)O[C@H]3CN2OC[C@H]1O[Si](C)(C)C(C)(C)C. The summed E-state index contributed by atoms with van der Waals surface area (Å²) in [6.07, 6.45) is -0.186. The summed E-state index contributed by atoms with van der Waals surface area (Å²) in [5.41, 5.74) is 0. The minimum atomic E-state index is -1.91. The second kappa shape index (κ2) is 6.01. The zero-order chi connectivity index (χ0) is 17.9. The molecule has 7 heteroatoms. The molecule has 3 heterocycles. The zero-order valence-electron chi connectivity index (χ0n) is 16.3. The second-order valence-electron chi connectivity index (χ2n) is 9.14. The van der Waals surface area contributed by atoms with Crippen LogP contribution in [0.2, 0.25) is 18.1 Å². The van der Waals surface area contributed by atoms with Gasteiger partial charge in [0.25, 0.3) is 0 Å². The molecule has 0 amide bonds. The van der Waals surface area contributed by atoms with E-state index in [-0.39, 0.29) is 35.5 Å². The van der Waals surface area contributed by atoms with Gasteiger partial charge in [0.1, 0.15) is 18.3 Å². The Morgan fingerprint density at radius 3 is 2.42 bits per heavy atom. The number of ether oxygens (including phenoxy) is 3. The molecular formula is C17H33NO5Si. The highest BCUT2D eigenvalue weighted by Crippen LogP contribution is 2.43. The molecule has 0 aromatic rings. The van der Waals surface area contributed by atoms with Crippen molar-refractivity contribution in [2.75, 3.05) is 20.3 Å². The largest absolute Gasteiger partial charge is 0.409 e. The lowest BCUT2D eigenvalue weighted by Gasteiger charge is -2.46. The van der Waals surface area contributed by atoms with E-state index in [1.807, 2.05) is 18.9 Å². The van der Waals surface area contributed by atoms with Crippen molar-refractivity contribution in [2.24, 2.45) is 0 Å². The Balaban J connectivity index is 1.78. The molecule has 0 spiro atoms. The number of hydroxylamine groups is 2. The fourth-order valence-corrected chi connectivity index (χ4v) is 4.99. The van der Waals surface area contributed by atoms with E-state index >= 15 is 0 Å². The van der Waals surface area contributed by atoms with Gasteiger partial charge in [-0.25, -0.2) is 0 Å². The average Bonchev–Trinajstić information content (AvgIpc) is 2.89. The predicted molar refractivity (Wildman–Crippen MR) is 93.1 cm³/mol. The van der Waals surface area contributed by atoms with Gasteiger partial charge in [0, 0.05) is 7.11 Å². The molecule has 0 aromatic carbocycles. The normalized spacial score (nSPS) is 39.8. The first kappa shape index (κ1) is 18.8. The van der Waals surface area contributed by atoms with Gasteiger partial charge in [0.05, 0.1) is 25.3 Å². The molecular weight excluding hydrogens is 326 g/mol. The van der Waals surface area contributed by atoms with E-state index in [1.165, 1.54) is 0 Å². The van der Waals surface area contributed by atoms with Crippen LogP contribution in [0.25, 0.3) is 0 Å². The van der Waals surface area contributed by atoms with Gasteiger partial charge in [-0.2, -0.15) is 5.06 Å². The molecule has 0 unspecified atom stereocenters. The van der Waals surface area contributed by atoms with Crippen LogP contribution in [0.15, 0.2) is 0 Å². The first-order valence-corrected chi connectivity index (χ1v) is 11.8. The molecule has 3 saturated heterocycles. The van der Waals surface area contributed by atoms with E-state index in [1.54, 1.807) is 7.11 Å². The molecule has 5 atom stereocenters. The van der Waals surface area contributed by atoms with Gasteiger partial charge in [-0.15, -0.1) is 0 Å². The molecule has 0 aromatic heterocycles. The third kappa shape index (κ3) is 3.20. The minimum Gasteiger partial charge on any atom is -0.409 e. The predicted octanol–water partition coefficient (Wildman–Crippen LogP) is 2.54. The van der Waals surface area contributed by atoms with Crippen LogP contribution in [0.4, 0.5) is 0 Å². The van der Waals surface area contributed by atoms with E-state index in [2.05, 4.69) is 33.9 Å². The summed E-state index contributed by atoms with van der Waals surface area (Å²) in [6, 6.07) is 0.00490. The third-order valence-corrected chi connectivity index (χ3v) is 10.4. The molecule has 3 fully saturated rings. The number of fused-ring (bicyclic) bond motifs is 3. The molecule has 0 bridgehead atoms. The Hall–Kier alpha value is -0.0231. The molecule has 3 aliphatic rings. The average molecular weight is 360 g/mol. The Bertz CT molecular complexity index is 478. The number of nitrogens with zero attached hydrogens (tertiary/aromatic N) is 1. The Morgan fingerprint density at radius 1 is 1.17 bits per heavy atom. The van der Waals surface area contributed by atoms with Crippen molar-refractivity contribution in [1.29, 1.82) is 0 Å². The van der Waals surface area contributed by atoms with E-state index in [4.69, 9.17) is 23.5 Å². The second-order valence-corrected chi connectivity index (χ2v) is 13.9. The maximum Gasteiger partial charge on any atom is 0.192 e. The van der Waals surface area contributed by atoms with Crippen molar-refractivity contribution in [3.8, 4) is 0 Å². The first-order chi connectivity index (χ1) is 11.0. The van der Waals surface area contributed by atoms with E-state index < -0.39 is 14.1 Å². The van der Waals surface area contributed by atoms with Gasteiger partial charge < -0.3 is 18.6 Å². The lowest BCUT2D eigenvalue weighted by molar-refractivity contribution is -0.285. The van der Waals surface area contributed by atoms with Crippen LogP contribution in [0, 0.1) is 0 Å². The summed E-state index contributed by atoms with van der Waals surface area (Å²) < 4.78 is 24.7. The summed E-state index contributed by atoms with van der Waals surface area (Å²) in [4.78, 5) is 6.00. The molecule has 140 valence electrons. The molecule has 3 aliphatic heterocycles. The maximum atomic E-state index is 6.62. The monoisotopic (exact) mass is 359 g/mol. The molecule has 0 radical (unpaired) electrons. The minimum absolute atomic E-state index is 0.00490. The Kier molecular flexibility index (Phi) is 4.70. The van der Waals surface area contributed by atoms with E-state index in [9.17, 15) is 0 Å². The van der Waals surface area contributed by atoms with Crippen LogP contribution in [0.3, 0.4) is 0 Å². The van der Waals surface area contributed by atoms with Crippen LogP contribution in [0.5, 0.6) is 0 Å². The fraction of sp³-hybridized carbons (Fsp3) is 1.00. The summed E-state index contributed by atoms with van der Waals surface area (Å²) in [5, 5.41) is 2.12. The van der Waals surface area contributed by atoms with Crippen LogP contribution in [-0.2, 0) is 23.5 Å².